The molecular weight excluding hydrogens is 96.1 g/mol. The van der Waals surface area contributed by atoms with Crippen molar-refractivity contribution in [3.8, 4) is 0 Å². The second kappa shape index (κ2) is 2.34. The lowest BCUT2D eigenvalue weighted by Crippen LogP contribution is -2.04. The molecule has 0 heterocycles. The third-order valence-electron chi connectivity index (χ3n) is 1.88. The standard InChI is InChI=1S/C8H13/c1-7-5-3-4-6-8(7)2/h7H,1-6H2. The fourth-order valence-electron chi connectivity index (χ4n) is 1.15. The fraction of sp³-hybridized carbons (Fsp3) is 0.625. The van der Waals surface area contributed by atoms with E-state index in [1.807, 2.05) is 0 Å². The summed E-state index contributed by atoms with van der Waals surface area (Å²) in [6.45, 7) is 7.91. The molecule has 0 spiro atoms. The van der Waals surface area contributed by atoms with Gasteiger partial charge in [-0.05, 0) is 32.1 Å². The smallest absolute Gasteiger partial charge is 0.0206 e. The third kappa shape index (κ3) is 1.12. The van der Waals surface area contributed by atoms with Gasteiger partial charge in [0, 0.05) is 0 Å². The van der Waals surface area contributed by atoms with Crippen LogP contribution in [-0.4, -0.2) is 0 Å². The van der Waals surface area contributed by atoms with Gasteiger partial charge in [-0.15, -0.1) is 0 Å². The summed E-state index contributed by atoms with van der Waals surface area (Å²) in [5, 5.41) is 0. The molecule has 8 heavy (non-hydrogen) atoms. The van der Waals surface area contributed by atoms with Crippen LogP contribution in [0.25, 0.3) is 0 Å². The zero-order chi connectivity index (χ0) is 5.98. The molecule has 1 unspecified atom stereocenters. The maximum Gasteiger partial charge on any atom is -0.0206 e. The Morgan fingerprint density at radius 1 is 1.38 bits per heavy atom. The van der Waals surface area contributed by atoms with Crippen molar-refractivity contribution >= 4 is 0 Å². The summed E-state index contributed by atoms with van der Waals surface area (Å²) in [5.74, 6) is 0.559. The SMILES string of the molecule is [CH2]C1CCCCC1=C. The third-order valence-corrected chi connectivity index (χ3v) is 1.88. The number of hydrogen-bond donors (Lipinski definition) is 0. The van der Waals surface area contributed by atoms with Crippen molar-refractivity contribution < 1.29 is 0 Å². The fourth-order valence-corrected chi connectivity index (χ4v) is 1.15. The van der Waals surface area contributed by atoms with Crippen LogP contribution in [0.2, 0.25) is 0 Å². The largest absolute Gasteiger partial charge is 0.0996 e. The number of hydrogen-bond acceptors (Lipinski definition) is 0. The molecule has 0 amide bonds. The maximum atomic E-state index is 3.98. The van der Waals surface area contributed by atoms with Crippen molar-refractivity contribution in [1.29, 1.82) is 0 Å². The second-order valence-corrected chi connectivity index (χ2v) is 2.60. The summed E-state index contributed by atoms with van der Waals surface area (Å²) >= 11 is 0. The van der Waals surface area contributed by atoms with Gasteiger partial charge in [-0.1, -0.05) is 18.6 Å². The lowest BCUT2D eigenvalue weighted by atomic mass is 9.87. The first-order chi connectivity index (χ1) is 3.80. The van der Waals surface area contributed by atoms with E-state index in [1.54, 1.807) is 0 Å². The Morgan fingerprint density at radius 3 is 2.50 bits per heavy atom. The molecule has 1 aliphatic carbocycles. The van der Waals surface area contributed by atoms with Gasteiger partial charge >= 0.3 is 0 Å². The molecule has 0 aromatic carbocycles. The average molecular weight is 109 g/mol. The van der Waals surface area contributed by atoms with Crippen LogP contribution in [0.5, 0.6) is 0 Å². The van der Waals surface area contributed by atoms with Crippen molar-refractivity contribution in [2.24, 2.45) is 5.92 Å². The molecule has 0 nitrogen and oxygen atoms in total. The van der Waals surface area contributed by atoms with Gasteiger partial charge < -0.3 is 0 Å². The molecule has 45 valence electrons. The van der Waals surface area contributed by atoms with Crippen molar-refractivity contribution in [3.63, 3.8) is 0 Å². The van der Waals surface area contributed by atoms with Crippen molar-refractivity contribution in [1.82, 2.24) is 0 Å². The van der Waals surface area contributed by atoms with E-state index in [4.69, 9.17) is 0 Å². The average Bonchev–Trinajstić information content (AvgIpc) is 1.77. The molecule has 1 rings (SSSR count). The van der Waals surface area contributed by atoms with Crippen LogP contribution in [0, 0.1) is 12.8 Å². The Morgan fingerprint density at radius 2 is 2.12 bits per heavy atom. The van der Waals surface area contributed by atoms with Gasteiger partial charge in [0.15, 0.2) is 0 Å². The molecular formula is C8H13. The molecule has 0 aliphatic heterocycles. The summed E-state index contributed by atoms with van der Waals surface area (Å²) < 4.78 is 0. The minimum absolute atomic E-state index is 0.559. The molecule has 1 aliphatic rings. The second-order valence-electron chi connectivity index (χ2n) is 2.60. The topological polar surface area (TPSA) is 0 Å². The monoisotopic (exact) mass is 109 g/mol. The molecule has 0 saturated heterocycles. The molecule has 1 fully saturated rings. The predicted molar refractivity (Wildman–Crippen MR) is 36.5 cm³/mol. The molecule has 0 bridgehead atoms. The van der Waals surface area contributed by atoms with Crippen LogP contribution >= 0.6 is 0 Å². The molecule has 0 heteroatoms. The maximum absolute atomic E-state index is 3.98. The Bertz CT molecular complexity index is 92.2. The molecule has 1 radical (unpaired) electrons. The van der Waals surface area contributed by atoms with Crippen LogP contribution in [0.15, 0.2) is 12.2 Å². The van der Waals surface area contributed by atoms with Gasteiger partial charge in [-0.25, -0.2) is 0 Å². The minimum Gasteiger partial charge on any atom is -0.0996 e. The zero-order valence-electron chi connectivity index (χ0n) is 5.32. The molecule has 1 atom stereocenters. The van der Waals surface area contributed by atoms with E-state index in [0.29, 0.717) is 5.92 Å². The van der Waals surface area contributed by atoms with E-state index >= 15 is 0 Å². The van der Waals surface area contributed by atoms with Gasteiger partial charge in [-0.3, -0.25) is 0 Å². The van der Waals surface area contributed by atoms with Crippen LogP contribution < -0.4 is 0 Å². The van der Waals surface area contributed by atoms with E-state index in [9.17, 15) is 0 Å². The zero-order valence-corrected chi connectivity index (χ0v) is 5.32. The van der Waals surface area contributed by atoms with Gasteiger partial charge in [0.05, 0.1) is 0 Å². The Labute approximate surface area is 51.6 Å². The summed E-state index contributed by atoms with van der Waals surface area (Å²) in [4.78, 5) is 0. The Hall–Kier alpha value is -0.260. The summed E-state index contributed by atoms with van der Waals surface area (Å²) in [6, 6.07) is 0. The van der Waals surface area contributed by atoms with Crippen LogP contribution in [0.1, 0.15) is 25.7 Å². The summed E-state index contributed by atoms with van der Waals surface area (Å²) in [7, 11) is 0. The predicted octanol–water partition coefficient (Wildman–Crippen LogP) is 2.57. The van der Waals surface area contributed by atoms with Gasteiger partial charge in [0.2, 0.25) is 0 Å². The molecule has 0 aromatic rings. The van der Waals surface area contributed by atoms with Crippen LogP contribution in [0.4, 0.5) is 0 Å². The summed E-state index contributed by atoms with van der Waals surface area (Å²) in [5.41, 5.74) is 1.36. The minimum atomic E-state index is 0.559. The van der Waals surface area contributed by atoms with E-state index in [1.165, 1.54) is 31.3 Å². The lowest BCUT2D eigenvalue weighted by Gasteiger charge is -2.19. The van der Waals surface area contributed by atoms with Gasteiger partial charge in [0.25, 0.3) is 0 Å². The Kier molecular flexibility index (Phi) is 1.72. The van der Waals surface area contributed by atoms with E-state index in [2.05, 4.69) is 13.5 Å². The van der Waals surface area contributed by atoms with Crippen molar-refractivity contribution in [3.05, 3.63) is 19.1 Å². The highest BCUT2D eigenvalue weighted by Gasteiger charge is 2.10. The highest BCUT2D eigenvalue weighted by Crippen LogP contribution is 2.26. The van der Waals surface area contributed by atoms with Gasteiger partial charge in [0.1, 0.15) is 0 Å². The first-order valence-corrected chi connectivity index (χ1v) is 3.31. The van der Waals surface area contributed by atoms with E-state index < -0.39 is 0 Å². The normalized spacial score (nSPS) is 30.6. The van der Waals surface area contributed by atoms with E-state index in [0.717, 1.165) is 0 Å². The Balaban J connectivity index is 2.39. The quantitative estimate of drug-likeness (QED) is 0.419. The lowest BCUT2D eigenvalue weighted by molar-refractivity contribution is 0.519. The van der Waals surface area contributed by atoms with E-state index in [-0.39, 0.29) is 0 Å². The number of rotatable bonds is 0. The first kappa shape index (κ1) is 5.87. The van der Waals surface area contributed by atoms with Crippen LogP contribution in [0.3, 0.4) is 0 Å². The van der Waals surface area contributed by atoms with Crippen LogP contribution in [-0.2, 0) is 0 Å². The van der Waals surface area contributed by atoms with Crippen molar-refractivity contribution in [2.75, 3.05) is 0 Å². The molecule has 0 aromatic heterocycles. The highest BCUT2D eigenvalue weighted by atomic mass is 14.2. The number of allylic oxidation sites excluding steroid dienone is 1. The molecule has 1 saturated carbocycles. The van der Waals surface area contributed by atoms with Gasteiger partial charge in [-0.2, -0.15) is 0 Å². The summed E-state index contributed by atoms with van der Waals surface area (Å²) in [6.07, 6.45) is 5.17. The first-order valence-electron chi connectivity index (χ1n) is 3.31. The van der Waals surface area contributed by atoms with Crippen molar-refractivity contribution in [2.45, 2.75) is 25.7 Å². The highest BCUT2D eigenvalue weighted by molar-refractivity contribution is 5.04. The molecule has 0 N–H and O–H groups in total.